The van der Waals surface area contributed by atoms with Gasteiger partial charge in [-0.15, -0.1) is 0 Å². The molecule has 5 heterocycles. The average molecular weight is 892 g/mol. The molecule has 5 heteroatoms. The van der Waals surface area contributed by atoms with Crippen molar-refractivity contribution in [1.29, 1.82) is 0 Å². The van der Waals surface area contributed by atoms with Gasteiger partial charge in [-0.1, -0.05) is 170 Å². The highest BCUT2D eigenvalue weighted by atomic mass is 15.1. The third-order valence-electron chi connectivity index (χ3n) is 14.6. The molecule has 0 aliphatic rings. The molecule has 10 aromatic carbocycles. The highest BCUT2D eigenvalue weighted by molar-refractivity contribution is 6.14. The lowest BCUT2D eigenvalue weighted by Gasteiger charge is -2.20. The summed E-state index contributed by atoms with van der Waals surface area (Å²) < 4.78 is 9.66. The lowest BCUT2D eigenvalue weighted by molar-refractivity contribution is 1.06. The Morgan fingerprint density at radius 3 is 1.14 bits per heavy atom. The minimum Gasteiger partial charge on any atom is -0.309 e. The first-order chi connectivity index (χ1) is 34.8. The van der Waals surface area contributed by atoms with E-state index in [1.54, 1.807) is 0 Å². The van der Waals surface area contributed by atoms with Gasteiger partial charge in [-0.2, -0.15) is 0 Å². The van der Waals surface area contributed by atoms with E-state index in [-0.39, 0.29) is 0 Å². The van der Waals surface area contributed by atoms with Gasteiger partial charge in [0.1, 0.15) is 5.82 Å². The van der Waals surface area contributed by atoms with Gasteiger partial charge in [0.2, 0.25) is 0 Å². The van der Waals surface area contributed by atoms with Crippen LogP contribution in [0, 0.1) is 0 Å². The third-order valence-corrected chi connectivity index (χ3v) is 14.6. The molecule has 0 unspecified atom stereocenters. The molecule has 0 spiro atoms. The van der Waals surface area contributed by atoms with Crippen molar-refractivity contribution in [3.8, 4) is 45.3 Å². The van der Waals surface area contributed by atoms with Gasteiger partial charge in [-0.3, -0.25) is 4.57 Å². The van der Waals surface area contributed by atoms with Crippen LogP contribution in [-0.2, 0) is 0 Å². The molecule has 0 aliphatic heterocycles. The topological polar surface area (TPSA) is 32.6 Å². The first-order valence-corrected chi connectivity index (χ1v) is 24.0. The second-order valence-corrected chi connectivity index (χ2v) is 18.3. The molecule has 0 fully saturated rings. The Hall–Kier alpha value is -9.45. The standard InChI is InChI=1S/C65H41N5/c1-2-19-43(20-3-1)67-55-29-11-6-27-52(55)53-38-37-42(39-63(53)67)45-28-18-36-62(69-58-32-14-7-23-48(58)49-24-8-15-33-59(49)69)65(45)54-40-44(68-56-30-12-4-21-46(56)47-22-5-13-31-57(47)68)41-64(66-54)70-60-34-16-9-25-50(60)51-26-10-17-35-61(51)70/h1-41H. The Morgan fingerprint density at radius 2 is 0.657 bits per heavy atom. The molecule has 0 amide bonds. The highest BCUT2D eigenvalue weighted by Crippen LogP contribution is 2.45. The van der Waals surface area contributed by atoms with Crippen molar-refractivity contribution >= 4 is 87.2 Å². The predicted octanol–water partition coefficient (Wildman–Crippen LogP) is 16.8. The number of hydrogen-bond acceptors (Lipinski definition) is 1. The van der Waals surface area contributed by atoms with E-state index >= 15 is 0 Å². The Balaban J connectivity index is 1.10. The summed E-state index contributed by atoms with van der Waals surface area (Å²) in [4.78, 5) is 5.93. The number of aromatic nitrogens is 5. The molecule has 5 aromatic heterocycles. The molecule has 0 bridgehead atoms. The van der Waals surface area contributed by atoms with Gasteiger partial charge in [-0.25, -0.2) is 4.98 Å². The quantitative estimate of drug-likeness (QED) is 0.164. The number of nitrogens with zero attached hydrogens (tertiary/aromatic N) is 5. The van der Waals surface area contributed by atoms with E-state index in [0.717, 1.165) is 83.9 Å². The van der Waals surface area contributed by atoms with E-state index in [1.165, 1.54) is 48.6 Å². The summed E-state index contributed by atoms with van der Waals surface area (Å²) in [5, 5.41) is 9.66. The third kappa shape index (κ3) is 5.57. The van der Waals surface area contributed by atoms with Crippen LogP contribution in [0.2, 0.25) is 0 Å². The van der Waals surface area contributed by atoms with Crippen LogP contribution in [0.5, 0.6) is 0 Å². The first-order valence-electron chi connectivity index (χ1n) is 24.0. The van der Waals surface area contributed by atoms with E-state index in [1.807, 2.05) is 0 Å². The Kier molecular flexibility index (Phi) is 8.29. The lowest BCUT2D eigenvalue weighted by atomic mass is 9.94. The van der Waals surface area contributed by atoms with Gasteiger partial charge in [0, 0.05) is 60.4 Å². The van der Waals surface area contributed by atoms with E-state index in [2.05, 4.69) is 267 Å². The molecule has 0 atom stereocenters. The SMILES string of the molecule is c1ccc(-n2c3ccccc3c3ccc(-c4cccc(-n5c6ccccc6c6ccccc65)c4-c4cc(-n5c6ccccc6c6ccccc65)cc(-n5c6ccccc6c6ccccc65)n4)cc32)cc1. The van der Waals surface area contributed by atoms with Crippen LogP contribution < -0.4 is 0 Å². The summed E-state index contributed by atoms with van der Waals surface area (Å²) >= 11 is 0. The molecule has 70 heavy (non-hydrogen) atoms. The molecular weight excluding hydrogens is 851 g/mol. The fraction of sp³-hybridized carbons (Fsp3) is 0. The number of rotatable bonds is 6. The van der Waals surface area contributed by atoms with Gasteiger partial charge in [0.05, 0.1) is 61.2 Å². The minimum absolute atomic E-state index is 0.842. The number of fused-ring (bicyclic) bond motifs is 12. The van der Waals surface area contributed by atoms with Crippen LogP contribution >= 0.6 is 0 Å². The molecule has 0 aliphatic carbocycles. The number of pyridine rings is 1. The van der Waals surface area contributed by atoms with Gasteiger partial charge in [0.25, 0.3) is 0 Å². The number of benzene rings is 10. The molecule has 0 saturated heterocycles. The van der Waals surface area contributed by atoms with Gasteiger partial charge in [0.15, 0.2) is 0 Å². The predicted molar refractivity (Wildman–Crippen MR) is 292 cm³/mol. The fourth-order valence-electron chi connectivity index (χ4n) is 11.7. The van der Waals surface area contributed by atoms with Crippen molar-refractivity contribution in [2.24, 2.45) is 0 Å². The maximum atomic E-state index is 5.93. The zero-order valence-electron chi connectivity index (χ0n) is 37.9. The molecule has 0 N–H and O–H groups in total. The zero-order valence-corrected chi connectivity index (χ0v) is 37.9. The smallest absolute Gasteiger partial charge is 0.140 e. The van der Waals surface area contributed by atoms with E-state index in [0.29, 0.717) is 0 Å². The highest BCUT2D eigenvalue weighted by Gasteiger charge is 2.24. The minimum atomic E-state index is 0.842. The lowest BCUT2D eigenvalue weighted by Crippen LogP contribution is -2.06. The summed E-state index contributed by atoms with van der Waals surface area (Å²) in [6.07, 6.45) is 0. The second-order valence-electron chi connectivity index (χ2n) is 18.3. The molecule has 5 nitrogen and oxygen atoms in total. The van der Waals surface area contributed by atoms with Crippen LogP contribution in [0.1, 0.15) is 0 Å². The normalized spacial score (nSPS) is 12.0. The van der Waals surface area contributed by atoms with Crippen LogP contribution in [0.3, 0.4) is 0 Å². The van der Waals surface area contributed by atoms with Crippen molar-refractivity contribution in [3.05, 3.63) is 249 Å². The molecule has 326 valence electrons. The maximum Gasteiger partial charge on any atom is 0.140 e. The molecule has 0 radical (unpaired) electrons. The summed E-state index contributed by atoms with van der Waals surface area (Å²) in [5.74, 6) is 0.842. The maximum absolute atomic E-state index is 5.93. The molecule has 15 aromatic rings. The summed E-state index contributed by atoms with van der Waals surface area (Å²) in [6, 6.07) is 90.5. The number of hydrogen-bond donors (Lipinski definition) is 0. The summed E-state index contributed by atoms with van der Waals surface area (Å²) in [6.45, 7) is 0. The van der Waals surface area contributed by atoms with Gasteiger partial charge in [-0.05, 0) is 83.9 Å². The summed E-state index contributed by atoms with van der Waals surface area (Å²) in [5.41, 5.74) is 16.4. The monoisotopic (exact) mass is 891 g/mol. The van der Waals surface area contributed by atoms with Crippen molar-refractivity contribution < 1.29 is 0 Å². The van der Waals surface area contributed by atoms with E-state index in [4.69, 9.17) is 4.98 Å². The van der Waals surface area contributed by atoms with Crippen LogP contribution in [-0.4, -0.2) is 23.3 Å². The molecule has 15 rings (SSSR count). The second kappa shape index (κ2) is 15.0. The van der Waals surface area contributed by atoms with Gasteiger partial charge >= 0.3 is 0 Å². The van der Waals surface area contributed by atoms with Crippen molar-refractivity contribution in [2.75, 3.05) is 0 Å². The van der Waals surface area contributed by atoms with E-state index in [9.17, 15) is 0 Å². The largest absolute Gasteiger partial charge is 0.309 e. The fourth-order valence-corrected chi connectivity index (χ4v) is 11.7. The van der Waals surface area contributed by atoms with Crippen molar-refractivity contribution in [3.63, 3.8) is 0 Å². The number of para-hydroxylation sites is 8. The Labute approximate surface area is 402 Å². The average Bonchev–Trinajstić information content (AvgIpc) is 4.16. The Bertz CT molecular complexity index is 4310. The molecule has 0 saturated carbocycles. The Morgan fingerprint density at radius 1 is 0.257 bits per heavy atom. The van der Waals surface area contributed by atoms with Crippen LogP contribution in [0.15, 0.2) is 249 Å². The van der Waals surface area contributed by atoms with Crippen LogP contribution in [0.4, 0.5) is 0 Å². The van der Waals surface area contributed by atoms with Gasteiger partial charge < -0.3 is 13.7 Å². The zero-order chi connectivity index (χ0) is 45.9. The van der Waals surface area contributed by atoms with E-state index < -0.39 is 0 Å². The van der Waals surface area contributed by atoms with Crippen molar-refractivity contribution in [2.45, 2.75) is 0 Å². The van der Waals surface area contributed by atoms with Crippen LogP contribution in [0.25, 0.3) is 132 Å². The molecular formula is C65H41N5. The first kappa shape index (κ1) is 38.6. The van der Waals surface area contributed by atoms with Crippen molar-refractivity contribution in [1.82, 2.24) is 23.3 Å². The summed E-state index contributed by atoms with van der Waals surface area (Å²) in [7, 11) is 0.